The van der Waals surface area contributed by atoms with E-state index in [1.165, 1.54) is 0 Å². The van der Waals surface area contributed by atoms with Crippen LogP contribution in [0.15, 0.2) is 12.3 Å². The number of anilines is 1. The molecule has 0 saturated heterocycles. The van der Waals surface area contributed by atoms with Crippen molar-refractivity contribution < 1.29 is 4.74 Å². The van der Waals surface area contributed by atoms with Crippen LogP contribution in [0.1, 0.15) is 26.0 Å². The summed E-state index contributed by atoms with van der Waals surface area (Å²) >= 11 is 4.90. The van der Waals surface area contributed by atoms with E-state index in [9.17, 15) is 0 Å². The lowest BCUT2D eigenvalue weighted by molar-refractivity contribution is -0.0796. The molecule has 2 atom stereocenters. The predicted octanol–water partition coefficient (Wildman–Crippen LogP) is 1.34. The summed E-state index contributed by atoms with van der Waals surface area (Å²) in [5, 5.41) is 3.31. The fourth-order valence-electron chi connectivity index (χ4n) is 2.25. The Labute approximate surface area is 112 Å². The first-order valence-electron chi connectivity index (χ1n) is 5.87. The summed E-state index contributed by atoms with van der Waals surface area (Å²) in [4.78, 5) is 8.74. The van der Waals surface area contributed by atoms with Gasteiger partial charge in [0.15, 0.2) is 0 Å². The van der Waals surface area contributed by atoms with Crippen molar-refractivity contribution in [1.29, 1.82) is 0 Å². The monoisotopic (exact) mass is 266 g/mol. The van der Waals surface area contributed by atoms with Crippen LogP contribution in [-0.2, 0) is 4.74 Å². The van der Waals surface area contributed by atoms with Crippen LogP contribution in [0.3, 0.4) is 0 Å². The van der Waals surface area contributed by atoms with Crippen LogP contribution in [0.5, 0.6) is 0 Å². The average molecular weight is 266 g/mol. The Morgan fingerprint density at radius 1 is 1.61 bits per heavy atom. The summed E-state index contributed by atoms with van der Waals surface area (Å²) in [7, 11) is 1.74. The van der Waals surface area contributed by atoms with E-state index in [2.05, 4.69) is 29.1 Å². The third-order valence-corrected chi connectivity index (χ3v) is 3.88. The summed E-state index contributed by atoms with van der Waals surface area (Å²) < 4.78 is 5.41. The molecule has 0 aliphatic heterocycles. The van der Waals surface area contributed by atoms with Gasteiger partial charge in [-0.25, -0.2) is 9.97 Å². The topological polar surface area (TPSA) is 73.1 Å². The number of rotatable bonds is 4. The van der Waals surface area contributed by atoms with Crippen LogP contribution in [0.4, 0.5) is 5.95 Å². The molecule has 0 spiro atoms. The molecule has 1 aromatic heterocycles. The lowest BCUT2D eigenvalue weighted by Crippen LogP contribution is -2.57. The predicted molar refractivity (Wildman–Crippen MR) is 74.5 cm³/mol. The first-order chi connectivity index (χ1) is 8.45. The van der Waals surface area contributed by atoms with E-state index in [1.54, 1.807) is 19.4 Å². The van der Waals surface area contributed by atoms with E-state index in [1.807, 2.05) is 0 Å². The van der Waals surface area contributed by atoms with Gasteiger partial charge < -0.3 is 15.8 Å². The Morgan fingerprint density at radius 3 is 2.89 bits per heavy atom. The van der Waals surface area contributed by atoms with Crippen molar-refractivity contribution in [3.63, 3.8) is 0 Å². The number of methoxy groups -OCH3 is 1. The zero-order valence-corrected chi connectivity index (χ0v) is 11.6. The molecule has 0 aromatic carbocycles. The van der Waals surface area contributed by atoms with Gasteiger partial charge in [0.2, 0.25) is 5.95 Å². The van der Waals surface area contributed by atoms with Gasteiger partial charge in [-0.15, -0.1) is 0 Å². The molecule has 2 rings (SSSR count). The second-order valence-electron chi connectivity index (χ2n) is 5.11. The molecule has 0 radical (unpaired) electrons. The second-order valence-corrected chi connectivity index (χ2v) is 5.55. The summed E-state index contributed by atoms with van der Waals surface area (Å²) in [5.41, 5.74) is 6.20. The van der Waals surface area contributed by atoms with Crippen LogP contribution < -0.4 is 11.1 Å². The molecule has 5 nitrogen and oxygen atoms in total. The standard InChI is InChI=1S/C12H18N4OS/c1-12(2)8(6-9(12)17-3)16-11-14-5-4-7(15-11)10(13)18/h4-5,8-9H,6H2,1-3H3,(H2,13,18)(H,14,15,16). The van der Waals surface area contributed by atoms with Crippen LogP contribution >= 0.6 is 12.2 Å². The molecule has 6 heteroatoms. The quantitative estimate of drug-likeness (QED) is 0.801. The fourth-order valence-corrected chi connectivity index (χ4v) is 2.37. The van der Waals surface area contributed by atoms with Crippen molar-refractivity contribution >= 4 is 23.2 Å². The van der Waals surface area contributed by atoms with E-state index in [4.69, 9.17) is 22.7 Å². The number of hydrogen-bond acceptors (Lipinski definition) is 5. The van der Waals surface area contributed by atoms with Gasteiger partial charge in [0.25, 0.3) is 0 Å². The number of thiocarbonyl (C=S) groups is 1. The van der Waals surface area contributed by atoms with Crippen molar-refractivity contribution in [1.82, 2.24) is 9.97 Å². The van der Waals surface area contributed by atoms with Crippen molar-refractivity contribution in [3.05, 3.63) is 18.0 Å². The Kier molecular flexibility index (Phi) is 3.49. The molecule has 98 valence electrons. The van der Waals surface area contributed by atoms with Crippen LogP contribution in [-0.4, -0.2) is 34.2 Å². The van der Waals surface area contributed by atoms with Crippen LogP contribution in [0.2, 0.25) is 0 Å². The van der Waals surface area contributed by atoms with Crippen molar-refractivity contribution in [2.75, 3.05) is 12.4 Å². The number of ether oxygens (including phenoxy) is 1. The highest BCUT2D eigenvalue weighted by molar-refractivity contribution is 7.80. The minimum atomic E-state index is 0.0668. The van der Waals surface area contributed by atoms with Gasteiger partial charge in [0.1, 0.15) is 10.7 Å². The van der Waals surface area contributed by atoms with Gasteiger partial charge in [-0.1, -0.05) is 26.1 Å². The molecule has 18 heavy (non-hydrogen) atoms. The highest BCUT2D eigenvalue weighted by atomic mass is 32.1. The minimum Gasteiger partial charge on any atom is -0.388 e. The van der Waals surface area contributed by atoms with Gasteiger partial charge in [-0.05, 0) is 12.5 Å². The number of nitrogens with one attached hydrogen (secondary N) is 1. The highest BCUT2D eigenvalue weighted by Crippen LogP contribution is 2.43. The Hall–Kier alpha value is -1.27. The first-order valence-corrected chi connectivity index (χ1v) is 6.28. The van der Waals surface area contributed by atoms with Gasteiger partial charge >= 0.3 is 0 Å². The third-order valence-electron chi connectivity index (χ3n) is 3.67. The Morgan fingerprint density at radius 2 is 2.33 bits per heavy atom. The number of aromatic nitrogens is 2. The maximum Gasteiger partial charge on any atom is 0.223 e. The maximum absolute atomic E-state index is 5.55. The summed E-state index contributed by atoms with van der Waals surface area (Å²) in [6.45, 7) is 4.33. The molecule has 1 aliphatic carbocycles. The highest BCUT2D eigenvalue weighted by Gasteiger charge is 2.48. The molecule has 0 bridgehead atoms. The van der Waals surface area contributed by atoms with E-state index < -0.39 is 0 Å². The zero-order chi connectivity index (χ0) is 13.3. The van der Waals surface area contributed by atoms with Crippen molar-refractivity contribution in [2.24, 2.45) is 11.1 Å². The second kappa shape index (κ2) is 4.78. The lowest BCUT2D eigenvalue weighted by atomic mass is 9.64. The molecule has 1 aromatic rings. The first kappa shape index (κ1) is 13.2. The largest absolute Gasteiger partial charge is 0.388 e. The van der Waals surface area contributed by atoms with Crippen molar-refractivity contribution in [2.45, 2.75) is 32.4 Å². The van der Waals surface area contributed by atoms with Crippen LogP contribution in [0.25, 0.3) is 0 Å². The molecular formula is C12H18N4OS. The smallest absolute Gasteiger partial charge is 0.223 e. The summed E-state index contributed by atoms with van der Waals surface area (Å²) in [6.07, 6.45) is 2.88. The molecular weight excluding hydrogens is 248 g/mol. The van der Waals surface area contributed by atoms with E-state index in [0.717, 1.165) is 6.42 Å². The maximum atomic E-state index is 5.55. The molecule has 1 aliphatic rings. The third kappa shape index (κ3) is 2.30. The number of nitrogens with two attached hydrogens (primary N) is 1. The van der Waals surface area contributed by atoms with Gasteiger partial charge in [0.05, 0.1) is 6.10 Å². The van der Waals surface area contributed by atoms with Gasteiger partial charge in [-0.3, -0.25) is 0 Å². The Balaban J connectivity index is 2.07. The van der Waals surface area contributed by atoms with E-state index >= 15 is 0 Å². The number of hydrogen-bond donors (Lipinski definition) is 2. The molecule has 2 unspecified atom stereocenters. The fraction of sp³-hybridized carbons (Fsp3) is 0.583. The number of nitrogens with zero attached hydrogens (tertiary/aromatic N) is 2. The SMILES string of the molecule is COC1CC(Nc2nccc(C(N)=S)n2)C1(C)C. The Bertz CT molecular complexity index is 463. The van der Waals surface area contributed by atoms with Gasteiger partial charge in [-0.2, -0.15) is 0 Å². The van der Waals surface area contributed by atoms with E-state index in [0.29, 0.717) is 17.7 Å². The van der Waals surface area contributed by atoms with Gasteiger partial charge in [0, 0.05) is 24.8 Å². The molecule has 3 N–H and O–H groups in total. The lowest BCUT2D eigenvalue weighted by Gasteiger charge is -2.51. The summed E-state index contributed by atoms with van der Waals surface area (Å²) in [5.74, 6) is 0.563. The molecule has 1 heterocycles. The van der Waals surface area contributed by atoms with Crippen LogP contribution in [0, 0.1) is 5.41 Å². The normalized spacial score (nSPS) is 25.3. The zero-order valence-electron chi connectivity index (χ0n) is 10.8. The molecule has 1 saturated carbocycles. The minimum absolute atomic E-state index is 0.0668. The molecule has 0 amide bonds. The average Bonchev–Trinajstić information content (AvgIpc) is 2.34. The summed E-state index contributed by atoms with van der Waals surface area (Å²) in [6, 6.07) is 2.00. The molecule has 1 fully saturated rings. The van der Waals surface area contributed by atoms with Crippen molar-refractivity contribution in [3.8, 4) is 0 Å². The van der Waals surface area contributed by atoms with E-state index in [-0.39, 0.29) is 16.5 Å².